The standard InChI is InChI=1S/C14H24N4S/c1-3-18-10-12(11(2)17-18)9-15-14(19)16-13-7-5-4-6-8-13/h10,13H,3-9H2,1-2H3,(H2,15,16,19). The molecule has 0 amide bonds. The van der Waals surface area contributed by atoms with Crippen LogP contribution in [-0.4, -0.2) is 20.9 Å². The summed E-state index contributed by atoms with van der Waals surface area (Å²) >= 11 is 5.36. The summed E-state index contributed by atoms with van der Waals surface area (Å²) in [6.45, 7) is 5.80. The van der Waals surface area contributed by atoms with Gasteiger partial charge in [0.1, 0.15) is 0 Å². The Morgan fingerprint density at radius 1 is 1.42 bits per heavy atom. The van der Waals surface area contributed by atoms with Gasteiger partial charge < -0.3 is 10.6 Å². The van der Waals surface area contributed by atoms with Gasteiger partial charge in [0.05, 0.1) is 5.69 Å². The monoisotopic (exact) mass is 280 g/mol. The third kappa shape index (κ3) is 4.20. The molecular formula is C14H24N4S. The summed E-state index contributed by atoms with van der Waals surface area (Å²) in [5.74, 6) is 0. The summed E-state index contributed by atoms with van der Waals surface area (Å²) in [5.41, 5.74) is 2.30. The van der Waals surface area contributed by atoms with Crippen molar-refractivity contribution in [3.8, 4) is 0 Å². The van der Waals surface area contributed by atoms with Gasteiger partial charge in [-0.05, 0) is 38.9 Å². The highest BCUT2D eigenvalue weighted by Crippen LogP contribution is 2.17. The number of aromatic nitrogens is 2. The molecule has 0 radical (unpaired) electrons. The second-order valence-electron chi connectivity index (χ2n) is 5.26. The van der Waals surface area contributed by atoms with Gasteiger partial charge in [-0.1, -0.05) is 19.3 Å². The molecular weight excluding hydrogens is 256 g/mol. The minimum atomic E-state index is 0.563. The molecule has 1 heterocycles. The van der Waals surface area contributed by atoms with Gasteiger partial charge >= 0.3 is 0 Å². The molecule has 2 rings (SSSR count). The van der Waals surface area contributed by atoms with E-state index in [0.717, 1.165) is 23.9 Å². The quantitative estimate of drug-likeness (QED) is 0.832. The van der Waals surface area contributed by atoms with Crippen molar-refractivity contribution in [2.24, 2.45) is 0 Å². The predicted molar refractivity (Wildman–Crippen MR) is 82.1 cm³/mol. The molecule has 1 aromatic heterocycles. The lowest BCUT2D eigenvalue weighted by Gasteiger charge is -2.24. The number of hydrogen-bond acceptors (Lipinski definition) is 2. The summed E-state index contributed by atoms with van der Waals surface area (Å²) in [5, 5.41) is 11.9. The highest BCUT2D eigenvalue weighted by atomic mass is 32.1. The van der Waals surface area contributed by atoms with Gasteiger partial charge in [-0.2, -0.15) is 5.10 Å². The van der Waals surface area contributed by atoms with Crippen molar-refractivity contribution in [3.63, 3.8) is 0 Å². The Balaban J connectivity index is 1.77. The normalized spacial score (nSPS) is 16.3. The smallest absolute Gasteiger partial charge is 0.166 e. The molecule has 0 spiro atoms. The Labute approximate surface area is 121 Å². The third-order valence-corrected chi connectivity index (χ3v) is 4.01. The van der Waals surface area contributed by atoms with Crippen molar-refractivity contribution < 1.29 is 0 Å². The fourth-order valence-electron chi connectivity index (χ4n) is 2.55. The van der Waals surface area contributed by atoms with Crippen molar-refractivity contribution in [2.75, 3.05) is 0 Å². The Kier molecular flexibility index (Phi) is 5.19. The fraction of sp³-hybridized carbons (Fsp3) is 0.714. The van der Waals surface area contributed by atoms with E-state index in [2.05, 4.69) is 28.9 Å². The van der Waals surface area contributed by atoms with Crippen LogP contribution in [0.4, 0.5) is 0 Å². The molecule has 0 saturated heterocycles. The van der Waals surface area contributed by atoms with E-state index in [-0.39, 0.29) is 0 Å². The first-order valence-corrected chi connectivity index (χ1v) is 7.67. The van der Waals surface area contributed by atoms with Crippen LogP contribution >= 0.6 is 12.2 Å². The minimum absolute atomic E-state index is 0.563. The first-order chi connectivity index (χ1) is 9.19. The molecule has 1 aliphatic carbocycles. The van der Waals surface area contributed by atoms with Gasteiger partial charge in [0.15, 0.2) is 5.11 Å². The Morgan fingerprint density at radius 2 is 2.16 bits per heavy atom. The van der Waals surface area contributed by atoms with Crippen molar-refractivity contribution in [3.05, 3.63) is 17.5 Å². The molecule has 5 heteroatoms. The van der Waals surface area contributed by atoms with Gasteiger partial charge in [0, 0.05) is 30.9 Å². The van der Waals surface area contributed by atoms with Crippen LogP contribution in [0.5, 0.6) is 0 Å². The Morgan fingerprint density at radius 3 is 2.79 bits per heavy atom. The third-order valence-electron chi connectivity index (χ3n) is 3.75. The number of nitrogens with one attached hydrogen (secondary N) is 2. The molecule has 1 aromatic rings. The van der Waals surface area contributed by atoms with Crippen molar-refractivity contribution in [2.45, 2.75) is 65.1 Å². The van der Waals surface area contributed by atoms with Crippen LogP contribution in [0.2, 0.25) is 0 Å². The number of thiocarbonyl (C=S) groups is 1. The number of aryl methyl sites for hydroxylation is 2. The average Bonchev–Trinajstić information content (AvgIpc) is 2.78. The van der Waals surface area contributed by atoms with Crippen molar-refractivity contribution >= 4 is 17.3 Å². The van der Waals surface area contributed by atoms with Gasteiger partial charge in [0.2, 0.25) is 0 Å². The van der Waals surface area contributed by atoms with Crippen LogP contribution in [0.25, 0.3) is 0 Å². The molecule has 4 nitrogen and oxygen atoms in total. The molecule has 1 fully saturated rings. The van der Waals surface area contributed by atoms with E-state index in [1.54, 1.807) is 0 Å². The van der Waals surface area contributed by atoms with E-state index in [1.165, 1.54) is 37.7 Å². The molecule has 1 saturated carbocycles. The van der Waals surface area contributed by atoms with E-state index < -0.39 is 0 Å². The highest BCUT2D eigenvalue weighted by Gasteiger charge is 2.14. The SMILES string of the molecule is CCn1cc(CNC(=S)NC2CCCCC2)c(C)n1. The van der Waals surface area contributed by atoms with Crippen molar-refractivity contribution in [1.82, 2.24) is 20.4 Å². The summed E-state index contributed by atoms with van der Waals surface area (Å²) in [4.78, 5) is 0. The molecule has 2 N–H and O–H groups in total. The predicted octanol–water partition coefficient (Wildman–Crippen LogP) is 2.51. The van der Waals surface area contributed by atoms with Crippen LogP contribution in [0.15, 0.2) is 6.20 Å². The van der Waals surface area contributed by atoms with E-state index in [4.69, 9.17) is 12.2 Å². The maximum Gasteiger partial charge on any atom is 0.166 e. The summed E-state index contributed by atoms with van der Waals surface area (Å²) < 4.78 is 1.96. The van der Waals surface area contributed by atoms with Gasteiger partial charge in [-0.3, -0.25) is 4.68 Å². The number of hydrogen-bond donors (Lipinski definition) is 2. The zero-order valence-electron chi connectivity index (χ0n) is 11.9. The van der Waals surface area contributed by atoms with Crippen molar-refractivity contribution in [1.29, 1.82) is 0 Å². The van der Waals surface area contributed by atoms with Gasteiger partial charge in [0.25, 0.3) is 0 Å². The van der Waals surface area contributed by atoms with Crippen LogP contribution in [0.3, 0.4) is 0 Å². The van der Waals surface area contributed by atoms with E-state index in [1.807, 2.05) is 11.6 Å². The zero-order valence-corrected chi connectivity index (χ0v) is 12.7. The maximum absolute atomic E-state index is 5.36. The molecule has 0 bridgehead atoms. The summed E-state index contributed by atoms with van der Waals surface area (Å²) in [6.07, 6.45) is 8.59. The van der Waals surface area contributed by atoms with Crippen LogP contribution in [0.1, 0.15) is 50.3 Å². The van der Waals surface area contributed by atoms with Gasteiger partial charge in [-0.25, -0.2) is 0 Å². The molecule has 0 unspecified atom stereocenters. The second-order valence-corrected chi connectivity index (χ2v) is 5.67. The lowest BCUT2D eigenvalue weighted by molar-refractivity contribution is 0.412. The fourth-order valence-corrected chi connectivity index (χ4v) is 2.79. The molecule has 0 atom stereocenters. The topological polar surface area (TPSA) is 41.9 Å². The Hall–Kier alpha value is -1.10. The zero-order chi connectivity index (χ0) is 13.7. The first kappa shape index (κ1) is 14.3. The summed E-state index contributed by atoms with van der Waals surface area (Å²) in [7, 11) is 0. The lowest BCUT2D eigenvalue weighted by Crippen LogP contribution is -2.42. The van der Waals surface area contributed by atoms with E-state index in [9.17, 15) is 0 Å². The Bertz CT molecular complexity index is 421. The highest BCUT2D eigenvalue weighted by molar-refractivity contribution is 7.80. The number of nitrogens with zero attached hydrogens (tertiary/aromatic N) is 2. The van der Waals surface area contributed by atoms with Crippen LogP contribution in [0, 0.1) is 6.92 Å². The van der Waals surface area contributed by atoms with E-state index >= 15 is 0 Å². The molecule has 0 aromatic carbocycles. The van der Waals surface area contributed by atoms with E-state index in [0.29, 0.717) is 6.04 Å². The first-order valence-electron chi connectivity index (χ1n) is 7.26. The number of rotatable bonds is 4. The van der Waals surface area contributed by atoms with Crippen LogP contribution in [-0.2, 0) is 13.1 Å². The largest absolute Gasteiger partial charge is 0.360 e. The molecule has 19 heavy (non-hydrogen) atoms. The minimum Gasteiger partial charge on any atom is -0.360 e. The molecule has 0 aliphatic heterocycles. The summed E-state index contributed by atoms with van der Waals surface area (Å²) in [6, 6.07) is 0.563. The van der Waals surface area contributed by atoms with Crippen LogP contribution < -0.4 is 10.6 Å². The molecule has 1 aliphatic rings. The second kappa shape index (κ2) is 6.89. The lowest BCUT2D eigenvalue weighted by atomic mass is 9.96. The average molecular weight is 280 g/mol. The molecule has 106 valence electrons. The van der Waals surface area contributed by atoms with Gasteiger partial charge in [-0.15, -0.1) is 0 Å². The maximum atomic E-state index is 5.36.